The van der Waals surface area contributed by atoms with Crippen LogP contribution < -0.4 is 5.32 Å². The molecule has 7 heteroatoms. The van der Waals surface area contributed by atoms with Gasteiger partial charge in [-0.2, -0.15) is 0 Å². The molecule has 0 aromatic heterocycles. The Labute approximate surface area is 172 Å². The SMILES string of the molecule is CC(C)(C)OC(=O)NC1CC2(CCN(C(=O)OCc3ccccc3)CC2)CC1O. The van der Waals surface area contributed by atoms with Crippen molar-refractivity contribution < 1.29 is 24.2 Å². The minimum atomic E-state index is -0.598. The normalized spacial score (nSPS) is 23.7. The fraction of sp³-hybridized carbons (Fsp3) is 0.636. The Kier molecular flexibility index (Phi) is 6.36. The second-order valence-electron chi connectivity index (χ2n) is 9.26. The lowest BCUT2D eigenvalue weighted by atomic mass is 9.77. The van der Waals surface area contributed by atoms with Crippen molar-refractivity contribution in [3.8, 4) is 0 Å². The van der Waals surface area contributed by atoms with Gasteiger partial charge in [-0.15, -0.1) is 0 Å². The van der Waals surface area contributed by atoms with Gasteiger partial charge in [0.05, 0.1) is 12.1 Å². The van der Waals surface area contributed by atoms with Crippen LogP contribution in [0.4, 0.5) is 9.59 Å². The van der Waals surface area contributed by atoms with Gasteiger partial charge in [0.1, 0.15) is 12.2 Å². The number of aliphatic hydroxyl groups excluding tert-OH is 1. The summed E-state index contributed by atoms with van der Waals surface area (Å²) in [6.07, 6.45) is 1.50. The van der Waals surface area contributed by atoms with Gasteiger partial charge in [0, 0.05) is 13.1 Å². The number of alkyl carbamates (subject to hydrolysis) is 1. The number of carbonyl (C=O) groups excluding carboxylic acids is 2. The predicted octanol–water partition coefficient (Wildman–Crippen LogP) is 3.45. The van der Waals surface area contributed by atoms with Crippen LogP contribution >= 0.6 is 0 Å². The molecule has 3 rings (SSSR count). The Morgan fingerprint density at radius 3 is 2.45 bits per heavy atom. The van der Waals surface area contributed by atoms with Gasteiger partial charge in [0.25, 0.3) is 0 Å². The van der Waals surface area contributed by atoms with E-state index in [4.69, 9.17) is 9.47 Å². The van der Waals surface area contributed by atoms with E-state index in [2.05, 4.69) is 5.32 Å². The second kappa shape index (κ2) is 8.61. The first-order valence-electron chi connectivity index (χ1n) is 10.3. The first kappa shape index (κ1) is 21.4. The lowest BCUT2D eigenvalue weighted by Gasteiger charge is -2.39. The van der Waals surface area contributed by atoms with E-state index in [0.717, 1.165) is 18.4 Å². The van der Waals surface area contributed by atoms with Crippen LogP contribution in [0.5, 0.6) is 0 Å². The van der Waals surface area contributed by atoms with Crippen LogP contribution in [-0.4, -0.2) is 53.0 Å². The molecule has 29 heavy (non-hydrogen) atoms. The number of hydrogen-bond donors (Lipinski definition) is 2. The van der Waals surface area contributed by atoms with E-state index in [0.29, 0.717) is 25.9 Å². The monoisotopic (exact) mass is 404 g/mol. The summed E-state index contributed by atoms with van der Waals surface area (Å²) in [6, 6.07) is 9.30. The van der Waals surface area contributed by atoms with E-state index in [9.17, 15) is 14.7 Å². The van der Waals surface area contributed by atoms with Crippen LogP contribution in [0.25, 0.3) is 0 Å². The van der Waals surface area contributed by atoms with Crippen LogP contribution in [0.15, 0.2) is 30.3 Å². The molecule has 2 atom stereocenters. The zero-order valence-electron chi connectivity index (χ0n) is 17.5. The van der Waals surface area contributed by atoms with Crippen LogP contribution in [0.3, 0.4) is 0 Å². The van der Waals surface area contributed by atoms with Gasteiger partial charge >= 0.3 is 12.2 Å². The topological polar surface area (TPSA) is 88.1 Å². The number of likely N-dealkylation sites (tertiary alicyclic amines) is 1. The van der Waals surface area contributed by atoms with Gasteiger partial charge in [0.2, 0.25) is 0 Å². The molecule has 2 N–H and O–H groups in total. The third kappa shape index (κ3) is 5.85. The highest BCUT2D eigenvalue weighted by atomic mass is 16.6. The van der Waals surface area contributed by atoms with E-state index in [1.54, 1.807) is 4.90 Å². The minimum absolute atomic E-state index is 0.0602. The number of nitrogens with one attached hydrogen (secondary N) is 1. The Balaban J connectivity index is 1.47. The molecular weight excluding hydrogens is 372 g/mol. The number of aliphatic hydroxyl groups is 1. The molecule has 1 aromatic rings. The standard InChI is InChI=1S/C22H32N2O5/c1-21(2,3)29-19(26)23-17-13-22(14-18(17)25)9-11-24(12-10-22)20(27)28-15-16-7-5-4-6-8-16/h4-8,17-18,25H,9-15H2,1-3H3,(H,23,26). The molecule has 0 radical (unpaired) electrons. The molecule has 2 amide bonds. The number of benzene rings is 1. The fourth-order valence-electron chi connectivity index (χ4n) is 4.26. The molecule has 1 saturated heterocycles. The summed E-state index contributed by atoms with van der Waals surface area (Å²) in [5, 5.41) is 13.3. The molecule has 0 bridgehead atoms. The molecule has 1 saturated carbocycles. The molecule has 1 aliphatic heterocycles. The van der Waals surface area contributed by atoms with Gasteiger partial charge in [0.15, 0.2) is 0 Å². The summed E-state index contributed by atoms with van der Waals surface area (Å²) in [5.41, 5.74) is 0.329. The van der Waals surface area contributed by atoms with Crippen molar-refractivity contribution in [2.75, 3.05) is 13.1 Å². The number of hydrogen-bond acceptors (Lipinski definition) is 5. The summed E-state index contributed by atoms with van der Waals surface area (Å²) in [7, 11) is 0. The van der Waals surface area contributed by atoms with Crippen LogP contribution in [-0.2, 0) is 16.1 Å². The summed E-state index contributed by atoms with van der Waals surface area (Å²) >= 11 is 0. The van der Waals surface area contributed by atoms with Crippen LogP contribution in [0.2, 0.25) is 0 Å². The molecule has 2 aliphatic rings. The Morgan fingerprint density at radius 2 is 1.83 bits per heavy atom. The van der Waals surface area contributed by atoms with Crippen molar-refractivity contribution >= 4 is 12.2 Å². The number of ether oxygens (including phenoxy) is 2. The maximum atomic E-state index is 12.4. The predicted molar refractivity (Wildman–Crippen MR) is 108 cm³/mol. The number of piperidine rings is 1. The zero-order chi connectivity index (χ0) is 21.1. The van der Waals surface area contributed by atoms with E-state index in [1.807, 2.05) is 51.1 Å². The van der Waals surface area contributed by atoms with Gasteiger partial charge in [-0.25, -0.2) is 9.59 Å². The third-order valence-corrected chi connectivity index (χ3v) is 5.75. The third-order valence-electron chi connectivity index (χ3n) is 5.75. The molecular formula is C22H32N2O5. The average molecular weight is 405 g/mol. The highest BCUT2D eigenvalue weighted by Gasteiger charge is 2.47. The highest BCUT2D eigenvalue weighted by Crippen LogP contribution is 2.46. The van der Waals surface area contributed by atoms with Crippen LogP contribution in [0, 0.1) is 5.41 Å². The summed E-state index contributed by atoms with van der Waals surface area (Å²) < 4.78 is 10.7. The van der Waals surface area contributed by atoms with Gasteiger partial charge < -0.3 is 24.8 Å². The second-order valence-corrected chi connectivity index (χ2v) is 9.26. The fourth-order valence-corrected chi connectivity index (χ4v) is 4.26. The Morgan fingerprint density at radius 1 is 1.17 bits per heavy atom. The quantitative estimate of drug-likeness (QED) is 0.806. The molecule has 1 aliphatic carbocycles. The van der Waals surface area contributed by atoms with E-state index < -0.39 is 17.8 Å². The van der Waals surface area contributed by atoms with Crippen molar-refractivity contribution in [1.82, 2.24) is 10.2 Å². The van der Waals surface area contributed by atoms with Gasteiger partial charge in [-0.1, -0.05) is 30.3 Å². The first-order valence-corrected chi connectivity index (χ1v) is 10.3. The van der Waals surface area contributed by atoms with Crippen LogP contribution in [0.1, 0.15) is 52.0 Å². The van der Waals surface area contributed by atoms with Crippen molar-refractivity contribution in [2.45, 2.75) is 70.8 Å². The number of carbonyl (C=O) groups is 2. The summed E-state index contributed by atoms with van der Waals surface area (Å²) in [6.45, 7) is 6.89. The van der Waals surface area contributed by atoms with Crippen molar-refractivity contribution in [2.24, 2.45) is 5.41 Å². The molecule has 2 fully saturated rings. The number of nitrogens with zero attached hydrogens (tertiary/aromatic N) is 1. The largest absolute Gasteiger partial charge is 0.445 e. The molecule has 7 nitrogen and oxygen atoms in total. The van der Waals surface area contributed by atoms with Crippen molar-refractivity contribution in [3.05, 3.63) is 35.9 Å². The molecule has 160 valence electrons. The molecule has 1 spiro atoms. The van der Waals surface area contributed by atoms with E-state index in [-0.39, 0.29) is 24.2 Å². The average Bonchev–Trinajstić information content (AvgIpc) is 2.94. The summed E-state index contributed by atoms with van der Waals surface area (Å²) in [4.78, 5) is 26.1. The molecule has 1 aromatic carbocycles. The number of rotatable bonds is 3. The molecule has 1 heterocycles. The first-order chi connectivity index (χ1) is 13.7. The lowest BCUT2D eigenvalue weighted by Crippen LogP contribution is -2.44. The smallest absolute Gasteiger partial charge is 0.410 e. The summed E-state index contributed by atoms with van der Waals surface area (Å²) in [5.74, 6) is 0. The van der Waals surface area contributed by atoms with E-state index in [1.165, 1.54) is 0 Å². The number of amides is 2. The maximum absolute atomic E-state index is 12.4. The van der Waals surface area contributed by atoms with Crippen molar-refractivity contribution in [1.29, 1.82) is 0 Å². The zero-order valence-corrected chi connectivity index (χ0v) is 17.5. The lowest BCUT2D eigenvalue weighted by molar-refractivity contribution is 0.0449. The molecule has 2 unspecified atom stereocenters. The Bertz CT molecular complexity index is 708. The van der Waals surface area contributed by atoms with Gasteiger partial charge in [-0.3, -0.25) is 0 Å². The van der Waals surface area contributed by atoms with Crippen molar-refractivity contribution in [3.63, 3.8) is 0 Å². The van der Waals surface area contributed by atoms with Gasteiger partial charge in [-0.05, 0) is 57.4 Å². The maximum Gasteiger partial charge on any atom is 0.410 e. The highest BCUT2D eigenvalue weighted by molar-refractivity contribution is 5.68. The minimum Gasteiger partial charge on any atom is -0.445 e. The van der Waals surface area contributed by atoms with E-state index >= 15 is 0 Å². The Hall–Kier alpha value is -2.28.